The normalized spacial score (nSPS) is 12.9. The number of ether oxygens (including phenoxy) is 1. The number of unbranched alkanes of at least 4 members (excludes halogenated alkanes) is 45. The summed E-state index contributed by atoms with van der Waals surface area (Å²) in [5, 5.41) is 23.1. The molecule has 0 heterocycles. The molecule has 0 aromatic rings. The highest BCUT2D eigenvalue weighted by molar-refractivity contribution is 5.76. The first-order chi connectivity index (χ1) is 37.0. The van der Waals surface area contributed by atoms with Gasteiger partial charge in [-0.25, -0.2) is 0 Å². The molecule has 6 heteroatoms. The number of hydrogen-bond donors (Lipinski definition) is 3. The Kier molecular flexibility index (Phi) is 62.5. The number of amides is 1. The van der Waals surface area contributed by atoms with Gasteiger partial charge in [-0.1, -0.05) is 300 Å². The van der Waals surface area contributed by atoms with Crippen LogP contribution in [0.3, 0.4) is 0 Å². The quantitative estimate of drug-likeness (QED) is 0.0320. The van der Waals surface area contributed by atoms with Crippen LogP contribution < -0.4 is 5.32 Å². The Hall–Kier alpha value is -2.18. The summed E-state index contributed by atoms with van der Waals surface area (Å²) in [7, 11) is 0. The monoisotopic (exact) mass is 1050 g/mol. The van der Waals surface area contributed by atoms with Crippen LogP contribution in [0.5, 0.6) is 0 Å². The third-order valence-electron chi connectivity index (χ3n) is 15.3. The Balaban J connectivity index is 3.43. The number of hydrogen-bond acceptors (Lipinski definition) is 5. The van der Waals surface area contributed by atoms with Crippen molar-refractivity contribution in [1.82, 2.24) is 5.32 Å². The molecule has 0 spiro atoms. The van der Waals surface area contributed by atoms with Crippen LogP contribution in [0.2, 0.25) is 0 Å². The van der Waals surface area contributed by atoms with Crippen molar-refractivity contribution in [2.75, 3.05) is 13.2 Å². The fourth-order valence-corrected chi connectivity index (χ4v) is 10.2. The van der Waals surface area contributed by atoms with E-state index in [0.29, 0.717) is 19.4 Å². The van der Waals surface area contributed by atoms with Gasteiger partial charge in [0.2, 0.25) is 5.91 Å². The lowest BCUT2D eigenvalue weighted by Crippen LogP contribution is -2.45. The molecule has 0 saturated heterocycles. The van der Waals surface area contributed by atoms with Crippen LogP contribution in [0.4, 0.5) is 0 Å². The minimum absolute atomic E-state index is 0.00685. The molecule has 1 amide bonds. The Morgan fingerprint density at radius 2 is 0.667 bits per heavy atom. The third kappa shape index (κ3) is 60.9. The highest BCUT2D eigenvalue weighted by atomic mass is 16.5. The van der Waals surface area contributed by atoms with Crippen molar-refractivity contribution in [3.8, 4) is 0 Å². The van der Waals surface area contributed by atoms with Crippen LogP contribution in [0.15, 0.2) is 48.6 Å². The van der Waals surface area contributed by atoms with E-state index in [4.69, 9.17) is 4.74 Å². The summed E-state index contributed by atoms with van der Waals surface area (Å²) < 4.78 is 5.49. The maximum absolute atomic E-state index is 12.5. The Morgan fingerprint density at radius 3 is 1.03 bits per heavy atom. The summed E-state index contributed by atoms with van der Waals surface area (Å²) in [6.07, 6.45) is 83.1. The van der Waals surface area contributed by atoms with Crippen molar-refractivity contribution in [2.24, 2.45) is 0 Å². The van der Waals surface area contributed by atoms with E-state index in [-0.39, 0.29) is 18.5 Å². The molecule has 3 N–H and O–H groups in total. The lowest BCUT2D eigenvalue weighted by Gasteiger charge is -2.20. The number of rotatable bonds is 62. The largest absolute Gasteiger partial charge is 0.466 e. The van der Waals surface area contributed by atoms with Crippen LogP contribution in [-0.2, 0) is 14.3 Å². The van der Waals surface area contributed by atoms with Gasteiger partial charge in [0.05, 0.1) is 25.4 Å². The molecule has 0 aromatic carbocycles. The van der Waals surface area contributed by atoms with Crippen LogP contribution in [-0.4, -0.2) is 47.4 Å². The molecular formula is C69H129NO5. The minimum atomic E-state index is -0.847. The van der Waals surface area contributed by atoms with Gasteiger partial charge in [-0.15, -0.1) is 0 Å². The number of aliphatic hydroxyl groups excluding tert-OH is 2. The van der Waals surface area contributed by atoms with E-state index in [9.17, 15) is 19.8 Å². The molecule has 0 fully saturated rings. The standard InChI is InChI=1S/C69H129NO5/c1-3-5-7-9-11-13-15-17-19-31-35-39-43-47-51-55-59-63-69(74)75-64-60-56-52-48-44-40-36-33-30-28-26-24-22-20-21-23-25-27-29-32-34-38-42-46-50-54-58-62-68(73)70-66(65-71)67(72)61-57-53-49-45-41-37-18-16-14-12-10-8-6-4-2/h17,19-21,24,26,57,61,66-67,71-72H,3-16,18,22-23,25,27-56,58-60,62-65H2,1-2H3,(H,70,73)/b19-17-,21-20-,26-24-,61-57+. The molecule has 0 aliphatic heterocycles. The lowest BCUT2D eigenvalue weighted by atomic mass is 10.0. The van der Waals surface area contributed by atoms with Crippen molar-refractivity contribution in [3.63, 3.8) is 0 Å². The van der Waals surface area contributed by atoms with E-state index in [2.05, 4.69) is 55.6 Å². The second-order valence-electron chi connectivity index (χ2n) is 22.8. The van der Waals surface area contributed by atoms with Crippen molar-refractivity contribution in [1.29, 1.82) is 0 Å². The number of carbonyl (C=O) groups is 2. The van der Waals surface area contributed by atoms with Crippen molar-refractivity contribution in [3.05, 3.63) is 48.6 Å². The first kappa shape index (κ1) is 72.8. The second-order valence-corrected chi connectivity index (χ2v) is 22.8. The molecule has 2 unspecified atom stereocenters. The molecule has 440 valence electrons. The van der Waals surface area contributed by atoms with Crippen molar-refractivity contribution in [2.45, 2.75) is 366 Å². The van der Waals surface area contributed by atoms with Crippen LogP contribution in [0, 0.1) is 0 Å². The molecule has 0 aliphatic carbocycles. The predicted molar refractivity (Wildman–Crippen MR) is 329 cm³/mol. The fraction of sp³-hybridized carbons (Fsp3) is 0.855. The number of carbonyl (C=O) groups excluding carboxylic acids is 2. The molecule has 0 rings (SSSR count). The summed E-state index contributed by atoms with van der Waals surface area (Å²) in [6.45, 7) is 4.91. The van der Waals surface area contributed by atoms with E-state index in [1.165, 1.54) is 276 Å². The predicted octanol–water partition coefficient (Wildman–Crippen LogP) is 21.3. The van der Waals surface area contributed by atoms with E-state index in [1.54, 1.807) is 6.08 Å². The number of aliphatic hydroxyl groups is 2. The van der Waals surface area contributed by atoms with Gasteiger partial charge in [0.1, 0.15) is 0 Å². The highest BCUT2D eigenvalue weighted by Gasteiger charge is 2.18. The number of esters is 1. The second kappa shape index (κ2) is 64.3. The molecule has 0 saturated carbocycles. The molecule has 75 heavy (non-hydrogen) atoms. The lowest BCUT2D eigenvalue weighted by molar-refractivity contribution is -0.143. The van der Waals surface area contributed by atoms with Gasteiger partial charge in [0.15, 0.2) is 0 Å². The Bertz CT molecular complexity index is 1260. The third-order valence-corrected chi connectivity index (χ3v) is 15.3. The van der Waals surface area contributed by atoms with Crippen molar-refractivity contribution >= 4 is 11.9 Å². The van der Waals surface area contributed by atoms with Crippen LogP contribution >= 0.6 is 0 Å². The summed E-state index contributed by atoms with van der Waals surface area (Å²) in [6, 6.07) is -0.631. The topological polar surface area (TPSA) is 95.9 Å². The Labute approximate surface area is 467 Å². The van der Waals surface area contributed by atoms with Gasteiger partial charge in [-0.3, -0.25) is 9.59 Å². The van der Waals surface area contributed by atoms with E-state index < -0.39 is 12.1 Å². The summed E-state index contributed by atoms with van der Waals surface area (Å²) in [5.74, 6) is -0.0636. The van der Waals surface area contributed by atoms with Crippen LogP contribution in [0.1, 0.15) is 354 Å². The van der Waals surface area contributed by atoms with Gasteiger partial charge in [-0.05, 0) is 89.9 Å². The van der Waals surface area contributed by atoms with Gasteiger partial charge < -0.3 is 20.3 Å². The zero-order valence-electron chi connectivity index (χ0n) is 50.3. The van der Waals surface area contributed by atoms with E-state index in [0.717, 1.165) is 51.4 Å². The average Bonchev–Trinajstić information content (AvgIpc) is 3.41. The van der Waals surface area contributed by atoms with E-state index in [1.807, 2.05) is 6.08 Å². The maximum Gasteiger partial charge on any atom is 0.305 e. The number of nitrogens with one attached hydrogen (secondary N) is 1. The van der Waals surface area contributed by atoms with Crippen LogP contribution in [0.25, 0.3) is 0 Å². The zero-order chi connectivity index (χ0) is 54.3. The zero-order valence-corrected chi connectivity index (χ0v) is 50.3. The summed E-state index contributed by atoms with van der Waals surface area (Å²) in [4.78, 5) is 24.5. The highest BCUT2D eigenvalue weighted by Crippen LogP contribution is 2.17. The first-order valence-corrected chi connectivity index (χ1v) is 33.4. The smallest absolute Gasteiger partial charge is 0.305 e. The van der Waals surface area contributed by atoms with Gasteiger partial charge >= 0.3 is 5.97 Å². The summed E-state index contributed by atoms with van der Waals surface area (Å²) >= 11 is 0. The van der Waals surface area contributed by atoms with Gasteiger partial charge in [0, 0.05) is 12.8 Å². The summed E-state index contributed by atoms with van der Waals surface area (Å²) in [5.41, 5.74) is 0. The molecule has 0 aliphatic rings. The first-order valence-electron chi connectivity index (χ1n) is 33.4. The Morgan fingerprint density at radius 1 is 0.373 bits per heavy atom. The number of allylic oxidation sites excluding steroid dienone is 7. The SMILES string of the molecule is CCCCCCCC/C=C\CCCCCCCCCC(=O)OCCCCCCCCCCC/C=C\C/C=C\CCCCCCCCCCCCCC(=O)NC(CO)C(O)/C=C/CCCCCCCCCCCCCC. The molecule has 6 nitrogen and oxygen atoms in total. The molecule has 0 radical (unpaired) electrons. The van der Waals surface area contributed by atoms with Gasteiger partial charge in [0.25, 0.3) is 0 Å². The van der Waals surface area contributed by atoms with Crippen molar-refractivity contribution < 1.29 is 24.5 Å². The molecule has 0 aromatic heterocycles. The maximum atomic E-state index is 12.5. The average molecular weight is 1050 g/mol. The van der Waals surface area contributed by atoms with E-state index >= 15 is 0 Å². The molecule has 0 bridgehead atoms. The molecule has 2 atom stereocenters. The van der Waals surface area contributed by atoms with Gasteiger partial charge in [-0.2, -0.15) is 0 Å². The minimum Gasteiger partial charge on any atom is -0.466 e. The molecular weight excluding hydrogens is 923 g/mol. The fourth-order valence-electron chi connectivity index (χ4n) is 10.2.